The first-order valence-electron chi connectivity index (χ1n) is 2.57. The quantitative estimate of drug-likeness (QED) is 0.611. The highest BCUT2D eigenvalue weighted by molar-refractivity contribution is 7.03. The summed E-state index contributed by atoms with van der Waals surface area (Å²) in [7, 11) is 0. The molecular formula is C5H2N3OS. The van der Waals surface area contributed by atoms with Crippen LogP contribution in [0.5, 0.6) is 0 Å². The fourth-order valence-corrected chi connectivity index (χ4v) is 1.05. The molecule has 0 aliphatic heterocycles. The van der Waals surface area contributed by atoms with E-state index in [2.05, 4.69) is 25.4 Å². The van der Waals surface area contributed by atoms with Gasteiger partial charge in [0.2, 0.25) is 0 Å². The van der Waals surface area contributed by atoms with Gasteiger partial charge >= 0.3 is 0 Å². The lowest BCUT2D eigenvalue weighted by molar-refractivity contribution is 0.308. The molecule has 2 heterocycles. The molecule has 2 aromatic heterocycles. The Balaban J connectivity index is 2.48. The van der Waals surface area contributed by atoms with Crippen LogP contribution in [-0.4, -0.2) is 14.7 Å². The molecule has 0 atom stereocenters. The van der Waals surface area contributed by atoms with Crippen LogP contribution in [0.1, 0.15) is 0 Å². The van der Waals surface area contributed by atoms with E-state index in [1.165, 1.54) is 17.7 Å². The van der Waals surface area contributed by atoms with Crippen LogP contribution in [0.15, 0.2) is 16.2 Å². The number of nitrogens with zero attached hydrogens (tertiary/aromatic N) is 3. The second-order valence-corrected chi connectivity index (χ2v) is 2.23. The van der Waals surface area contributed by atoms with E-state index in [-0.39, 0.29) is 0 Å². The van der Waals surface area contributed by atoms with Gasteiger partial charge in [0.15, 0.2) is 5.69 Å². The molecule has 0 N–H and O–H groups in total. The zero-order valence-electron chi connectivity index (χ0n) is 4.81. The minimum Gasteiger partial charge on any atom is -0.244 e. The first-order chi connectivity index (χ1) is 4.97. The fraction of sp³-hybridized carbons (Fsp3) is 0. The summed E-state index contributed by atoms with van der Waals surface area (Å²) in [5.74, 6) is 0. The molecule has 0 fully saturated rings. The van der Waals surface area contributed by atoms with Gasteiger partial charge in [-0.15, -0.1) is 0 Å². The van der Waals surface area contributed by atoms with E-state index in [1.807, 2.05) is 0 Å². The molecule has 0 saturated carbocycles. The molecular weight excluding hydrogens is 150 g/mol. The molecule has 0 aromatic carbocycles. The summed E-state index contributed by atoms with van der Waals surface area (Å²) in [5, 5.41) is 8.78. The van der Waals surface area contributed by atoms with Crippen molar-refractivity contribution in [1.82, 2.24) is 14.7 Å². The van der Waals surface area contributed by atoms with Crippen LogP contribution >= 0.6 is 11.5 Å². The Bertz CT molecular complexity index is 256. The maximum Gasteiger partial charge on any atom is 0.155 e. The molecule has 0 aliphatic carbocycles. The van der Waals surface area contributed by atoms with Gasteiger partial charge in [-0.3, -0.25) is 0 Å². The first kappa shape index (κ1) is 5.55. The molecule has 5 heteroatoms. The van der Waals surface area contributed by atoms with Gasteiger partial charge in [-0.05, 0) is 16.7 Å². The molecule has 10 heavy (non-hydrogen) atoms. The molecule has 0 aliphatic rings. The number of hydrogen-bond donors (Lipinski definition) is 0. The van der Waals surface area contributed by atoms with Gasteiger partial charge in [0.05, 0.1) is 0 Å². The maximum absolute atomic E-state index is 4.38. The third-order valence-corrected chi connectivity index (χ3v) is 1.51. The monoisotopic (exact) mass is 152 g/mol. The van der Waals surface area contributed by atoms with Crippen molar-refractivity contribution in [2.45, 2.75) is 0 Å². The normalized spacial score (nSPS) is 10.0. The van der Waals surface area contributed by atoms with Crippen LogP contribution in [0.2, 0.25) is 0 Å². The largest absolute Gasteiger partial charge is 0.244 e. The van der Waals surface area contributed by atoms with E-state index in [4.69, 9.17) is 0 Å². The molecule has 49 valence electrons. The van der Waals surface area contributed by atoms with Crippen molar-refractivity contribution in [3.05, 3.63) is 17.6 Å². The lowest BCUT2D eigenvalue weighted by atomic mass is 10.3. The SMILES string of the molecule is [c]1csnc1-c1cnon1. The molecule has 0 saturated heterocycles. The van der Waals surface area contributed by atoms with Gasteiger partial charge in [0.25, 0.3) is 0 Å². The third kappa shape index (κ3) is 0.801. The molecule has 2 rings (SSSR count). The molecule has 4 nitrogen and oxygen atoms in total. The van der Waals surface area contributed by atoms with Crippen molar-refractivity contribution < 1.29 is 4.63 Å². The second-order valence-electron chi connectivity index (χ2n) is 1.60. The van der Waals surface area contributed by atoms with Gasteiger partial charge < -0.3 is 0 Å². The summed E-state index contributed by atoms with van der Waals surface area (Å²) in [6.07, 6.45) is 1.51. The molecule has 0 unspecified atom stereocenters. The summed E-state index contributed by atoms with van der Waals surface area (Å²) >= 11 is 1.32. The molecule has 0 bridgehead atoms. The van der Waals surface area contributed by atoms with E-state index in [9.17, 15) is 0 Å². The highest BCUT2D eigenvalue weighted by Crippen LogP contribution is 2.12. The summed E-state index contributed by atoms with van der Waals surface area (Å²) in [6, 6.07) is 2.88. The Labute approximate surface area is 60.6 Å². The average molecular weight is 152 g/mol. The van der Waals surface area contributed by atoms with E-state index in [0.717, 1.165) is 0 Å². The van der Waals surface area contributed by atoms with Gasteiger partial charge in [0.1, 0.15) is 11.9 Å². The minimum absolute atomic E-state index is 0.626. The van der Waals surface area contributed by atoms with Crippen molar-refractivity contribution >= 4 is 11.5 Å². The van der Waals surface area contributed by atoms with Crippen molar-refractivity contribution in [2.75, 3.05) is 0 Å². The lowest BCUT2D eigenvalue weighted by Gasteiger charge is -1.77. The summed E-state index contributed by atoms with van der Waals surface area (Å²) in [4.78, 5) is 0. The van der Waals surface area contributed by atoms with E-state index >= 15 is 0 Å². The van der Waals surface area contributed by atoms with Crippen LogP contribution in [0.3, 0.4) is 0 Å². The molecule has 0 amide bonds. The molecule has 1 radical (unpaired) electrons. The van der Waals surface area contributed by atoms with E-state index in [1.54, 1.807) is 5.38 Å². The molecule has 0 spiro atoms. The van der Waals surface area contributed by atoms with Crippen molar-refractivity contribution in [1.29, 1.82) is 0 Å². The topological polar surface area (TPSA) is 51.8 Å². The van der Waals surface area contributed by atoms with Gasteiger partial charge in [-0.2, -0.15) is 4.37 Å². The number of rotatable bonds is 1. The van der Waals surface area contributed by atoms with Gasteiger partial charge in [-0.25, -0.2) is 4.63 Å². The van der Waals surface area contributed by atoms with Crippen LogP contribution in [0.4, 0.5) is 0 Å². The predicted octanol–water partition coefficient (Wildman–Crippen LogP) is 0.993. The van der Waals surface area contributed by atoms with Crippen molar-refractivity contribution in [3.63, 3.8) is 0 Å². The van der Waals surface area contributed by atoms with Crippen molar-refractivity contribution in [3.8, 4) is 11.4 Å². The second kappa shape index (κ2) is 2.18. The highest BCUT2D eigenvalue weighted by atomic mass is 32.1. The highest BCUT2D eigenvalue weighted by Gasteiger charge is 2.02. The Morgan fingerprint density at radius 2 is 2.60 bits per heavy atom. The Kier molecular flexibility index (Phi) is 1.21. The van der Waals surface area contributed by atoms with E-state index < -0.39 is 0 Å². The summed E-state index contributed by atoms with van der Waals surface area (Å²) < 4.78 is 8.37. The summed E-state index contributed by atoms with van der Waals surface area (Å²) in [6.45, 7) is 0. The van der Waals surface area contributed by atoms with Gasteiger partial charge in [-0.1, -0.05) is 5.16 Å². The smallest absolute Gasteiger partial charge is 0.155 e. The average Bonchev–Trinajstić information content (AvgIpc) is 2.59. The fourth-order valence-electron chi connectivity index (χ4n) is 0.577. The Hall–Kier alpha value is -1.23. The van der Waals surface area contributed by atoms with Crippen LogP contribution < -0.4 is 0 Å². The first-order valence-corrected chi connectivity index (χ1v) is 3.40. The minimum atomic E-state index is 0.626. The summed E-state index contributed by atoms with van der Waals surface area (Å²) in [5.41, 5.74) is 1.31. The van der Waals surface area contributed by atoms with Crippen LogP contribution in [0, 0.1) is 6.07 Å². The third-order valence-electron chi connectivity index (χ3n) is 0.996. The number of hydrogen-bond acceptors (Lipinski definition) is 5. The van der Waals surface area contributed by atoms with Crippen LogP contribution in [0.25, 0.3) is 11.4 Å². The predicted molar refractivity (Wildman–Crippen MR) is 34.2 cm³/mol. The number of aromatic nitrogens is 3. The zero-order valence-corrected chi connectivity index (χ0v) is 5.63. The van der Waals surface area contributed by atoms with E-state index in [0.29, 0.717) is 11.4 Å². The lowest BCUT2D eigenvalue weighted by Crippen LogP contribution is -1.72. The Morgan fingerprint density at radius 1 is 1.60 bits per heavy atom. The molecule has 2 aromatic rings. The van der Waals surface area contributed by atoms with Crippen molar-refractivity contribution in [2.24, 2.45) is 0 Å². The standard InChI is InChI=1S/C5H2N3OS/c1-2-10-8-4(1)5-3-6-9-7-5/h2-3H. The van der Waals surface area contributed by atoms with Crippen LogP contribution in [-0.2, 0) is 0 Å². The zero-order chi connectivity index (χ0) is 6.81. The Morgan fingerprint density at radius 3 is 3.20 bits per heavy atom. The maximum atomic E-state index is 4.38. The van der Waals surface area contributed by atoms with Gasteiger partial charge in [0, 0.05) is 11.4 Å².